The smallest absolute Gasteiger partial charge is 0.462 e. The second kappa shape index (κ2) is 76.7. The lowest BCUT2D eigenvalue weighted by molar-refractivity contribution is -0.161. The van der Waals surface area contributed by atoms with Gasteiger partial charge in [0.2, 0.25) is 0 Å². The Hall–Kier alpha value is -2.46. The third kappa shape index (κ3) is 75.8. The van der Waals surface area contributed by atoms with Crippen molar-refractivity contribution >= 4 is 39.5 Å². The second-order valence-electron chi connectivity index (χ2n) is 29.2. The monoisotopic (exact) mass is 1490 g/mol. The van der Waals surface area contributed by atoms with Gasteiger partial charge in [-0.2, -0.15) is 0 Å². The molecule has 0 bridgehead atoms. The molecule has 0 saturated heterocycles. The molecule has 2 unspecified atom stereocenters. The zero-order valence-corrected chi connectivity index (χ0v) is 67.9. The van der Waals surface area contributed by atoms with Crippen molar-refractivity contribution in [3.05, 3.63) is 24.3 Å². The Morgan fingerprint density at radius 1 is 0.275 bits per heavy atom. The van der Waals surface area contributed by atoms with E-state index in [0.29, 0.717) is 25.7 Å². The molecule has 19 heteroatoms. The molecule has 0 amide bonds. The number of hydrogen-bond donors (Lipinski definition) is 3. The Bertz CT molecular complexity index is 2020. The molecule has 0 heterocycles. The van der Waals surface area contributed by atoms with Gasteiger partial charge in [0.15, 0.2) is 12.2 Å². The predicted molar refractivity (Wildman–Crippen MR) is 418 cm³/mol. The topological polar surface area (TPSA) is 237 Å². The lowest BCUT2D eigenvalue weighted by atomic mass is 10.0. The van der Waals surface area contributed by atoms with Gasteiger partial charge in [-0.15, -0.1) is 0 Å². The minimum absolute atomic E-state index is 0.103. The number of rotatable bonds is 82. The second-order valence-corrected chi connectivity index (χ2v) is 32.1. The third-order valence-electron chi connectivity index (χ3n) is 19.0. The standard InChI is InChI=1S/C83H158O17P2/c1-5-9-13-17-21-25-29-32-35-36-37-38-39-40-41-44-47-50-54-58-62-66-70-83(88)100-79(74-94-81(86)68-64-60-56-52-48-45-42-33-30-26-22-18-14-10-6-2)76-98-102(91,92)96-72-77(84)71-95-101(89,90)97-75-78(73-93-80(85)67-63-59-55-51-28-24-20-16-12-8-4)99-82(87)69-65-61-57-53-49-46-43-34-31-27-23-19-15-11-7-3/h26,30,33,42,77-79,84H,5-25,27-29,31-32,34-41,43-76H2,1-4H3,(H,89,90)(H,91,92)/b30-26-,42-33-/t77-,78+,79+/m0/s1. The number of hydrogen-bond acceptors (Lipinski definition) is 15. The molecule has 17 nitrogen and oxygen atoms in total. The van der Waals surface area contributed by atoms with Gasteiger partial charge in [-0.3, -0.25) is 37.3 Å². The van der Waals surface area contributed by atoms with Crippen LogP contribution in [0.1, 0.15) is 426 Å². The molecule has 0 saturated carbocycles. The molecule has 0 aromatic carbocycles. The molecular weight excluding hydrogens is 1330 g/mol. The molecule has 602 valence electrons. The Morgan fingerprint density at radius 2 is 0.471 bits per heavy atom. The van der Waals surface area contributed by atoms with Crippen LogP contribution in [-0.4, -0.2) is 96.7 Å². The highest BCUT2D eigenvalue weighted by molar-refractivity contribution is 7.47. The fraction of sp³-hybridized carbons (Fsp3) is 0.904. The minimum Gasteiger partial charge on any atom is -0.462 e. The maximum atomic E-state index is 13.1. The van der Waals surface area contributed by atoms with E-state index in [1.165, 1.54) is 238 Å². The summed E-state index contributed by atoms with van der Waals surface area (Å²) < 4.78 is 68.7. The van der Waals surface area contributed by atoms with Crippen molar-refractivity contribution in [2.75, 3.05) is 39.6 Å². The average molecular weight is 1490 g/mol. The van der Waals surface area contributed by atoms with Crippen LogP contribution in [0.15, 0.2) is 24.3 Å². The summed E-state index contributed by atoms with van der Waals surface area (Å²) in [5.74, 6) is -2.13. The molecule has 5 atom stereocenters. The first-order valence-electron chi connectivity index (χ1n) is 42.6. The van der Waals surface area contributed by atoms with Crippen LogP contribution in [0.4, 0.5) is 0 Å². The third-order valence-corrected chi connectivity index (χ3v) is 20.9. The summed E-state index contributed by atoms with van der Waals surface area (Å²) >= 11 is 0. The predicted octanol–water partition coefficient (Wildman–Crippen LogP) is 24.9. The van der Waals surface area contributed by atoms with Crippen molar-refractivity contribution in [2.45, 2.75) is 444 Å². The Kier molecular flexibility index (Phi) is 74.9. The maximum absolute atomic E-state index is 13.1. The van der Waals surface area contributed by atoms with E-state index in [1.54, 1.807) is 0 Å². The molecule has 0 rings (SSSR count). The summed E-state index contributed by atoms with van der Waals surface area (Å²) in [4.78, 5) is 73.0. The summed E-state index contributed by atoms with van der Waals surface area (Å²) in [6, 6.07) is 0. The summed E-state index contributed by atoms with van der Waals surface area (Å²) in [6.07, 6.45) is 73.0. The number of phosphoric ester groups is 2. The zero-order chi connectivity index (χ0) is 74.6. The van der Waals surface area contributed by atoms with E-state index < -0.39 is 97.5 Å². The quantitative estimate of drug-likeness (QED) is 0.0169. The molecule has 0 aliphatic heterocycles. The van der Waals surface area contributed by atoms with Crippen molar-refractivity contribution in [1.82, 2.24) is 0 Å². The summed E-state index contributed by atoms with van der Waals surface area (Å²) in [7, 11) is -9.93. The molecular formula is C83H158O17P2. The number of allylic oxidation sites excluding steroid dienone is 4. The molecule has 102 heavy (non-hydrogen) atoms. The van der Waals surface area contributed by atoms with Gasteiger partial charge in [0.25, 0.3) is 0 Å². The van der Waals surface area contributed by atoms with E-state index in [0.717, 1.165) is 109 Å². The van der Waals surface area contributed by atoms with E-state index >= 15 is 0 Å². The van der Waals surface area contributed by atoms with Crippen LogP contribution in [0.2, 0.25) is 0 Å². The number of ether oxygens (including phenoxy) is 4. The van der Waals surface area contributed by atoms with Crippen LogP contribution in [0, 0.1) is 0 Å². The Morgan fingerprint density at radius 3 is 0.716 bits per heavy atom. The molecule has 0 aliphatic carbocycles. The molecule has 0 radical (unpaired) electrons. The fourth-order valence-corrected chi connectivity index (χ4v) is 14.0. The van der Waals surface area contributed by atoms with E-state index in [4.69, 9.17) is 37.0 Å². The Labute approximate surface area is 624 Å². The summed E-state index contributed by atoms with van der Waals surface area (Å²) in [5, 5.41) is 10.6. The summed E-state index contributed by atoms with van der Waals surface area (Å²) in [6.45, 7) is 4.96. The zero-order valence-electron chi connectivity index (χ0n) is 66.1. The lowest BCUT2D eigenvalue weighted by Gasteiger charge is -2.21. The average Bonchev–Trinajstić information content (AvgIpc) is 0.938. The van der Waals surface area contributed by atoms with Gasteiger partial charge in [0, 0.05) is 25.7 Å². The van der Waals surface area contributed by atoms with Crippen LogP contribution < -0.4 is 0 Å². The highest BCUT2D eigenvalue weighted by atomic mass is 31.2. The fourth-order valence-electron chi connectivity index (χ4n) is 12.5. The van der Waals surface area contributed by atoms with Crippen LogP contribution >= 0.6 is 15.6 Å². The van der Waals surface area contributed by atoms with Crippen molar-refractivity contribution in [3.8, 4) is 0 Å². The van der Waals surface area contributed by atoms with Gasteiger partial charge in [0.05, 0.1) is 26.4 Å². The van der Waals surface area contributed by atoms with Crippen LogP contribution in [0.3, 0.4) is 0 Å². The van der Waals surface area contributed by atoms with E-state index in [1.807, 2.05) is 0 Å². The van der Waals surface area contributed by atoms with Gasteiger partial charge < -0.3 is 33.8 Å². The molecule has 0 spiro atoms. The van der Waals surface area contributed by atoms with Crippen molar-refractivity contribution < 1.29 is 80.2 Å². The molecule has 3 N–H and O–H groups in total. The molecule has 0 aromatic rings. The van der Waals surface area contributed by atoms with E-state index in [9.17, 15) is 43.2 Å². The first-order valence-corrected chi connectivity index (χ1v) is 45.6. The number of phosphoric acid groups is 2. The van der Waals surface area contributed by atoms with Gasteiger partial charge >= 0.3 is 39.5 Å². The van der Waals surface area contributed by atoms with Gasteiger partial charge in [-0.25, -0.2) is 9.13 Å². The minimum atomic E-state index is -4.97. The van der Waals surface area contributed by atoms with Crippen molar-refractivity contribution in [1.29, 1.82) is 0 Å². The first-order chi connectivity index (χ1) is 49.7. The SMILES string of the molecule is CCCCCC/C=C\C=C/CCCCCCCC(=O)OC[C@H](COP(=O)(O)OC[C@@H](O)COP(=O)(O)OC[C@@H](COC(=O)CCCCCCCCCCCC)OC(=O)CCCCCCCCCCCCCCCCC)OC(=O)CCCCCCCCCCCCCCCCCCCCCCCC. The van der Waals surface area contributed by atoms with Crippen LogP contribution in [-0.2, 0) is 65.4 Å². The van der Waals surface area contributed by atoms with Crippen LogP contribution in [0.25, 0.3) is 0 Å². The number of carbonyl (C=O) groups excluding carboxylic acids is 4. The normalized spacial score (nSPS) is 13.9. The maximum Gasteiger partial charge on any atom is 0.472 e. The molecule has 0 aromatic heterocycles. The molecule has 0 fully saturated rings. The number of aliphatic hydroxyl groups is 1. The number of carbonyl (C=O) groups is 4. The molecule has 0 aliphatic rings. The van der Waals surface area contributed by atoms with Gasteiger partial charge in [-0.05, 0) is 51.4 Å². The van der Waals surface area contributed by atoms with Gasteiger partial charge in [0.1, 0.15) is 19.3 Å². The first kappa shape index (κ1) is 99.5. The number of aliphatic hydroxyl groups excluding tert-OH is 1. The van der Waals surface area contributed by atoms with E-state index in [-0.39, 0.29) is 25.7 Å². The highest BCUT2D eigenvalue weighted by Gasteiger charge is 2.30. The van der Waals surface area contributed by atoms with E-state index in [2.05, 4.69) is 52.0 Å². The highest BCUT2D eigenvalue weighted by Crippen LogP contribution is 2.45. The van der Waals surface area contributed by atoms with Crippen molar-refractivity contribution in [2.24, 2.45) is 0 Å². The van der Waals surface area contributed by atoms with Gasteiger partial charge in [-0.1, -0.05) is 373 Å². The largest absolute Gasteiger partial charge is 0.472 e. The number of esters is 4. The number of unbranched alkanes of at least 4 members (excludes halogenated alkanes) is 53. The Balaban J connectivity index is 5.23. The lowest BCUT2D eigenvalue weighted by Crippen LogP contribution is -2.30. The summed E-state index contributed by atoms with van der Waals surface area (Å²) in [5.41, 5.74) is 0. The van der Waals surface area contributed by atoms with Crippen molar-refractivity contribution in [3.63, 3.8) is 0 Å². The van der Waals surface area contributed by atoms with Crippen LogP contribution in [0.5, 0.6) is 0 Å².